The van der Waals surface area contributed by atoms with Crippen molar-refractivity contribution in [1.82, 2.24) is 9.80 Å². The highest BCUT2D eigenvalue weighted by molar-refractivity contribution is 6.46. The Morgan fingerprint density at radius 2 is 1.83 bits per heavy atom. The molecule has 35 heavy (non-hydrogen) atoms. The first-order chi connectivity index (χ1) is 16.8. The molecule has 0 saturated carbocycles. The Balaban J connectivity index is 1.65. The average Bonchev–Trinajstić information content (AvgIpc) is 3.09. The standard InChI is InChI=1S/C27H31ClN2O5/c1-18(2)35-22-9-7-19(8-10-22)25(31)23-24(20-5-3-6-21(28)17-20)30(27(33)26(23)32)12-4-11-29-13-15-34-16-14-29/h3,5-10,17-18,24,31H,4,11-16H2,1-2H3. The van der Waals surface area contributed by atoms with E-state index in [2.05, 4.69) is 4.90 Å². The van der Waals surface area contributed by atoms with Gasteiger partial charge in [0.1, 0.15) is 11.5 Å². The van der Waals surface area contributed by atoms with Gasteiger partial charge in [-0.15, -0.1) is 0 Å². The maximum atomic E-state index is 13.2. The van der Waals surface area contributed by atoms with Gasteiger partial charge in [0.15, 0.2) is 0 Å². The summed E-state index contributed by atoms with van der Waals surface area (Å²) in [5.41, 5.74) is 1.20. The molecule has 8 heteroatoms. The molecule has 2 aliphatic rings. The SMILES string of the molecule is CC(C)Oc1ccc(C(O)=C2C(=O)C(=O)N(CCCN3CCOCC3)C2c2cccc(Cl)c2)cc1. The third kappa shape index (κ3) is 5.86. The second-order valence-corrected chi connectivity index (χ2v) is 9.48. The third-order valence-electron chi connectivity index (χ3n) is 6.18. The lowest BCUT2D eigenvalue weighted by Crippen LogP contribution is -2.38. The number of likely N-dealkylation sites (tertiary alicyclic amines) is 1. The van der Waals surface area contributed by atoms with E-state index < -0.39 is 17.7 Å². The summed E-state index contributed by atoms with van der Waals surface area (Å²) in [5, 5.41) is 11.7. The molecule has 0 aliphatic carbocycles. The van der Waals surface area contributed by atoms with E-state index >= 15 is 0 Å². The predicted octanol–water partition coefficient (Wildman–Crippen LogP) is 4.27. The molecule has 2 fully saturated rings. The summed E-state index contributed by atoms with van der Waals surface area (Å²) in [7, 11) is 0. The van der Waals surface area contributed by atoms with Crippen LogP contribution in [0, 0.1) is 0 Å². The minimum Gasteiger partial charge on any atom is -0.507 e. The van der Waals surface area contributed by atoms with Gasteiger partial charge in [-0.1, -0.05) is 23.7 Å². The molecule has 2 saturated heterocycles. The first-order valence-electron chi connectivity index (χ1n) is 12.0. The zero-order valence-electron chi connectivity index (χ0n) is 20.1. The molecule has 1 N–H and O–H groups in total. The zero-order chi connectivity index (χ0) is 24.9. The Kier molecular flexibility index (Phi) is 8.11. The van der Waals surface area contributed by atoms with Crippen LogP contribution in [0.3, 0.4) is 0 Å². The molecule has 2 aliphatic heterocycles. The monoisotopic (exact) mass is 498 g/mol. The number of morpholine rings is 1. The first kappa shape index (κ1) is 25.2. The topological polar surface area (TPSA) is 79.3 Å². The van der Waals surface area contributed by atoms with E-state index in [1.54, 1.807) is 47.4 Å². The second-order valence-electron chi connectivity index (χ2n) is 9.05. The molecule has 0 bridgehead atoms. The Morgan fingerprint density at radius 1 is 1.11 bits per heavy atom. The van der Waals surface area contributed by atoms with E-state index in [1.807, 2.05) is 19.9 Å². The number of aliphatic hydroxyl groups excluding tert-OH is 1. The summed E-state index contributed by atoms with van der Waals surface area (Å²) >= 11 is 6.25. The molecule has 1 atom stereocenters. The largest absolute Gasteiger partial charge is 0.507 e. The molecule has 1 amide bonds. The van der Waals surface area contributed by atoms with Crippen LogP contribution in [0.25, 0.3) is 5.76 Å². The van der Waals surface area contributed by atoms with Crippen molar-refractivity contribution in [1.29, 1.82) is 0 Å². The summed E-state index contributed by atoms with van der Waals surface area (Å²) in [6, 6.07) is 13.2. The molecule has 2 aromatic rings. The Bertz CT molecular complexity index is 1090. The third-order valence-corrected chi connectivity index (χ3v) is 6.42. The van der Waals surface area contributed by atoms with Gasteiger partial charge in [-0.25, -0.2) is 0 Å². The number of nitrogens with zero attached hydrogens (tertiary/aromatic N) is 2. The molecule has 0 radical (unpaired) electrons. The van der Waals surface area contributed by atoms with Crippen LogP contribution >= 0.6 is 11.6 Å². The fraction of sp³-hybridized carbons (Fsp3) is 0.407. The number of hydrogen-bond donors (Lipinski definition) is 1. The van der Waals surface area contributed by atoms with Crippen LogP contribution in [-0.2, 0) is 14.3 Å². The number of carbonyl (C=O) groups is 2. The van der Waals surface area contributed by atoms with Gasteiger partial charge in [-0.2, -0.15) is 0 Å². The lowest BCUT2D eigenvalue weighted by Gasteiger charge is -2.29. The maximum absolute atomic E-state index is 13.2. The van der Waals surface area contributed by atoms with Crippen molar-refractivity contribution >= 4 is 29.1 Å². The number of aliphatic hydroxyl groups is 1. The molecular weight excluding hydrogens is 468 g/mol. The van der Waals surface area contributed by atoms with Gasteiger partial charge in [0.05, 0.1) is 30.9 Å². The lowest BCUT2D eigenvalue weighted by molar-refractivity contribution is -0.140. The lowest BCUT2D eigenvalue weighted by atomic mass is 9.95. The number of ketones is 1. The summed E-state index contributed by atoms with van der Waals surface area (Å²) in [5.74, 6) is -0.855. The summed E-state index contributed by atoms with van der Waals surface area (Å²) < 4.78 is 11.1. The van der Waals surface area contributed by atoms with Crippen LogP contribution in [-0.4, -0.2) is 72.1 Å². The van der Waals surface area contributed by atoms with E-state index in [9.17, 15) is 14.7 Å². The van der Waals surface area contributed by atoms with Gasteiger partial charge in [0, 0.05) is 36.8 Å². The minimum atomic E-state index is -0.718. The van der Waals surface area contributed by atoms with Crippen molar-refractivity contribution in [2.75, 3.05) is 39.4 Å². The number of rotatable bonds is 8. The normalized spacial score (nSPS) is 20.6. The fourth-order valence-corrected chi connectivity index (χ4v) is 4.74. The number of Topliss-reactive ketones (excluding diaryl/α,β-unsaturated/α-hetero) is 1. The molecule has 186 valence electrons. The highest BCUT2D eigenvalue weighted by Gasteiger charge is 2.45. The van der Waals surface area contributed by atoms with Gasteiger partial charge in [-0.3, -0.25) is 14.5 Å². The molecule has 2 heterocycles. The van der Waals surface area contributed by atoms with Crippen LogP contribution in [0.15, 0.2) is 54.1 Å². The van der Waals surface area contributed by atoms with E-state index in [1.165, 1.54) is 0 Å². The summed E-state index contributed by atoms with van der Waals surface area (Å²) in [6.45, 7) is 8.16. The predicted molar refractivity (Wildman–Crippen MR) is 135 cm³/mol. The Labute approximate surface area is 210 Å². The quantitative estimate of drug-likeness (QED) is 0.332. The van der Waals surface area contributed by atoms with Crippen molar-refractivity contribution in [3.63, 3.8) is 0 Å². The van der Waals surface area contributed by atoms with Crippen molar-refractivity contribution in [2.45, 2.75) is 32.4 Å². The van der Waals surface area contributed by atoms with Gasteiger partial charge in [-0.05, 0) is 62.2 Å². The van der Waals surface area contributed by atoms with Crippen LogP contribution in [0.1, 0.15) is 37.4 Å². The Morgan fingerprint density at radius 3 is 2.49 bits per heavy atom. The second kappa shape index (κ2) is 11.2. The molecule has 1 unspecified atom stereocenters. The molecule has 0 aromatic heterocycles. The highest BCUT2D eigenvalue weighted by Crippen LogP contribution is 2.40. The van der Waals surface area contributed by atoms with Crippen LogP contribution in [0.5, 0.6) is 5.75 Å². The van der Waals surface area contributed by atoms with Crippen LogP contribution in [0.2, 0.25) is 5.02 Å². The first-order valence-corrected chi connectivity index (χ1v) is 12.3. The molecule has 0 spiro atoms. The number of carbonyl (C=O) groups excluding carboxylic acids is 2. The van der Waals surface area contributed by atoms with Gasteiger partial charge in [0.25, 0.3) is 11.7 Å². The van der Waals surface area contributed by atoms with Crippen molar-refractivity contribution < 1.29 is 24.2 Å². The van der Waals surface area contributed by atoms with Crippen LogP contribution < -0.4 is 4.74 Å². The molecule has 7 nitrogen and oxygen atoms in total. The highest BCUT2D eigenvalue weighted by atomic mass is 35.5. The van der Waals surface area contributed by atoms with Gasteiger partial charge >= 0.3 is 0 Å². The summed E-state index contributed by atoms with van der Waals surface area (Å²) in [6.07, 6.45) is 0.714. The number of amides is 1. The number of benzene rings is 2. The van der Waals surface area contributed by atoms with E-state index in [0.29, 0.717) is 48.1 Å². The minimum absolute atomic E-state index is 0.0139. The van der Waals surface area contributed by atoms with E-state index in [0.717, 1.165) is 19.6 Å². The van der Waals surface area contributed by atoms with Gasteiger partial charge < -0.3 is 19.5 Å². The fourth-order valence-electron chi connectivity index (χ4n) is 4.54. The zero-order valence-corrected chi connectivity index (χ0v) is 20.8. The maximum Gasteiger partial charge on any atom is 0.295 e. The average molecular weight is 499 g/mol. The molecular formula is C27H31ClN2O5. The summed E-state index contributed by atoms with van der Waals surface area (Å²) in [4.78, 5) is 30.1. The molecule has 2 aromatic carbocycles. The smallest absolute Gasteiger partial charge is 0.295 e. The van der Waals surface area contributed by atoms with Crippen LogP contribution in [0.4, 0.5) is 0 Å². The Hall–Kier alpha value is -2.87. The van der Waals surface area contributed by atoms with Crippen molar-refractivity contribution in [3.05, 3.63) is 70.3 Å². The van der Waals surface area contributed by atoms with E-state index in [-0.39, 0.29) is 17.4 Å². The number of hydrogen-bond acceptors (Lipinski definition) is 6. The van der Waals surface area contributed by atoms with Crippen molar-refractivity contribution in [2.24, 2.45) is 0 Å². The molecule has 4 rings (SSSR count). The van der Waals surface area contributed by atoms with Gasteiger partial charge in [0.2, 0.25) is 0 Å². The van der Waals surface area contributed by atoms with Crippen molar-refractivity contribution in [3.8, 4) is 5.75 Å². The number of ether oxygens (including phenoxy) is 2. The van der Waals surface area contributed by atoms with E-state index in [4.69, 9.17) is 21.1 Å². The number of halogens is 1.